The van der Waals surface area contributed by atoms with Crippen LogP contribution in [-0.4, -0.2) is 37.6 Å². The molecule has 0 bridgehead atoms. The number of hydrogen-bond donors (Lipinski definition) is 1. The third-order valence-corrected chi connectivity index (χ3v) is 1.82. The second kappa shape index (κ2) is 9.96. The second-order valence-electron chi connectivity index (χ2n) is 3.02. The minimum absolute atomic E-state index is 0.0899. The Labute approximate surface area is 81.0 Å². The molecule has 80 valence electrons. The van der Waals surface area contributed by atoms with Gasteiger partial charge in [0.15, 0.2) is 0 Å². The van der Waals surface area contributed by atoms with Crippen LogP contribution in [0.3, 0.4) is 0 Å². The smallest absolute Gasteiger partial charge is 0.0808 e. The summed E-state index contributed by atoms with van der Waals surface area (Å²) in [5.74, 6) is 0. The lowest BCUT2D eigenvalue weighted by molar-refractivity contribution is -0.0236. The number of aliphatic hydroxyl groups excluding tert-OH is 1. The fourth-order valence-corrected chi connectivity index (χ4v) is 1.16. The average Bonchev–Trinajstić information content (AvgIpc) is 2.14. The van der Waals surface area contributed by atoms with Crippen molar-refractivity contribution < 1.29 is 14.6 Å². The Morgan fingerprint density at radius 1 is 1.31 bits per heavy atom. The molecule has 0 radical (unpaired) electrons. The summed E-state index contributed by atoms with van der Waals surface area (Å²) >= 11 is 0. The molecule has 0 fully saturated rings. The van der Waals surface area contributed by atoms with E-state index in [1.165, 1.54) is 12.8 Å². The maximum Gasteiger partial charge on any atom is 0.0808 e. The average molecular weight is 190 g/mol. The largest absolute Gasteiger partial charge is 0.394 e. The van der Waals surface area contributed by atoms with E-state index in [4.69, 9.17) is 14.6 Å². The van der Waals surface area contributed by atoms with Gasteiger partial charge < -0.3 is 14.6 Å². The van der Waals surface area contributed by atoms with Crippen LogP contribution in [-0.2, 0) is 9.47 Å². The fraction of sp³-hybridized carbons (Fsp3) is 1.00. The molecule has 13 heavy (non-hydrogen) atoms. The van der Waals surface area contributed by atoms with Crippen LogP contribution in [0.25, 0.3) is 0 Å². The SMILES string of the molecule is CCCCC(COCCO)OCC. The first-order chi connectivity index (χ1) is 6.35. The summed E-state index contributed by atoms with van der Waals surface area (Å²) in [5.41, 5.74) is 0. The van der Waals surface area contributed by atoms with Crippen molar-refractivity contribution >= 4 is 0 Å². The zero-order valence-corrected chi connectivity index (χ0v) is 8.79. The van der Waals surface area contributed by atoms with E-state index in [-0.39, 0.29) is 12.7 Å². The topological polar surface area (TPSA) is 38.7 Å². The number of ether oxygens (including phenoxy) is 2. The van der Waals surface area contributed by atoms with Crippen molar-refractivity contribution in [3.63, 3.8) is 0 Å². The van der Waals surface area contributed by atoms with Crippen LogP contribution in [0.15, 0.2) is 0 Å². The van der Waals surface area contributed by atoms with Crippen LogP contribution in [0.1, 0.15) is 33.1 Å². The summed E-state index contributed by atoms with van der Waals surface area (Å²) in [6.07, 6.45) is 3.61. The van der Waals surface area contributed by atoms with E-state index in [1.807, 2.05) is 6.92 Å². The number of unbranched alkanes of at least 4 members (excludes halogenated alkanes) is 1. The van der Waals surface area contributed by atoms with Crippen molar-refractivity contribution in [2.75, 3.05) is 26.4 Å². The summed E-state index contributed by atoms with van der Waals surface area (Å²) in [6.45, 7) is 6.00. The Bertz CT molecular complexity index is 96.2. The zero-order valence-electron chi connectivity index (χ0n) is 8.79. The molecule has 0 saturated heterocycles. The van der Waals surface area contributed by atoms with E-state index >= 15 is 0 Å². The summed E-state index contributed by atoms with van der Waals surface area (Å²) in [7, 11) is 0. The Kier molecular flexibility index (Phi) is 9.87. The number of hydrogen-bond acceptors (Lipinski definition) is 3. The van der Waals surface area contributed by atoms with Crippen molar-refractivity contribution in [2.24, 2.45) is 0 Å². The van der Waals surface area contributed by atoms with Gasteiger partial charge in [-0.3, -0.25) is 0 Å². The molecular weight excluding hydrogens is 168 g/mol. The molecule has 0 aromatic rings. The van der Waals surface area contributed by atoms with Gasteiger partial charge in [0.25, 0.3) is 0 Å². The van der Waals surface area contributed by atoms with Crippen LogP contribution < -0.4 is 0 Å². The van der Waals surface area contributed by atoms with Crippen LogP contribution in [0, 0.1) is 0 Å². The standard InChI is InChI=1S/C10H22O3/c1-3-5-6-10(13-4-2)9-12-8-7-11/h10-11H,3-9H2,1-2H3. The first-order valence-electron chi connectivity index (χ1n) is 5.15. The molecule has 0 aromatic heterocycles. The lowest BCUT2D eigenvalue weighted by Gasteiger charge is -2.16. The van der Waals surface area contributed by atoms with Gasteiger partial charge in [-0.2, -0.15) is 0 Å². The Hall–Kier alpha value is -0.120. The van der Waals surface area contributed by atoms with E-state index in [0.29, 0.717) is 13.2 Å². The van der Waals surface area contributed by atoms with E-state index in [9.17, 15) is 0 Å². The normalized spacial score (nSPS) is 13.2. The summed E-state index contributed by atoms with van der Waals surface area (Å²) in [6, 6.07) is 0. The van der Waals surface area contributed by atoms with Crippen molar-refractivity contribution in [3.8, 4) is 0 Å². The Morgan fingerprint density at radius 2 is 2.08 bits per heavy atom. The van der Waals surface area contributed by atoms with Gasteiger partial charge in [-0.05, 0) is 13.3 Å². The first-order valence-corrected chi connectivity index (χ1v) is 5.15. The molecule has 0 aliphatic heterocycles. The molecule has 1 N–H and O–H groups in total. The van der Waals surface area contributed by atoms with E-state index in [1.54, 1.807) is 0 Å². The van der Waals surface area contributed by atoms with Gasteiger partial charge >= 0.3 is 0 Å². The molecule has 0 aliphatic rings. The molecule has 0 aliphatic carbocycles. The maximum absolute atomic E-state index is 8.52. The van der Waals surface area contributed by atoms with Gasteiger partial charge in [-0.15, -0.1) is 0 Å². The first kappa shape index (κ1) is 12.9. The van der Waals surface area contributed by atoms with Crippen molar-refractivity contribution in [2.45, 2.75) is 39.2 Å². The van der Waals surface area contributed by atoms with Crippen molar-refractivity contribution in [1.29, 1.82) is 0 Å². The van der Waals surface area contributed by atoms with Crippen molar-refractivity contribution in [3.05, 3.63) is 0 Å². The molecule has 0 spiro atoms. The van der Waals surface area contributed by atoms with Gasteiger partial charge in [0.05, 0.1) is 25.9 Å². The highest BCUT2D eigenvalue weighted by molar-refractivity contribution is 4.56. The van der Waals surface area contributed by atoms with Crippen LogP contribution in [0.2, 0.25) is 0 Å². The molecule has 0 saturated carbocycles. The predicted octanol–water partition coefficient (Wildman–Crippen LogP) is 1.59. The van der Waals surface area contributed by atoms with E-state index < -0.39 is 0 Å². The molecule has 1 atom stereocenters. The highest BCUT2D eigenvalue weighted by Gasteiger charge is 2.07. The molecule has 3 heteroatoms. The quantitative estimate of drug-likeness (QED) is 0.561. The fourth-order valence-electron chi connectivity index (χ4n) is 1.16. The third-order valence-electron chi connectivity index (χ3n) is 1.82. The Morgan fingerprint density at radius 3 is 2.62 bits per heavy atom. The summed E-state index contributed by atoms with van der Waals surface area (Å²) < 4.78 is 10.7. The van der Waals surface area contributed by atoms with Crippen LogP contribution in [0.4, 0.5) is 0 Å². The van der Waals surface area contributed by atoms with Crippen LogP contribution >= 0.6 is 0 Å². The molecule has 0 heterocycles. The van der Waals surface area contributed by atoms with Crippen LogP contribution in [0.5, 0.6) is 0 Å². The molecular formula is C10H22O3. The van der Waals surface area contributed by atoms with Gasteiger partial charge in [0.1, 0.15) is 0 Å². The zero-order chi connectivity index (χ0) is 9.94. The molecule has 0 amide bonds. The van der Waals surface area contributed by atoms with Crippen molar-refractivity contribution in [1.82, 2.24) is 0 Å². The lowest BCUT2D eigenvalue weighted by Crippen LogP contribution is -2.20. The van der Waals surface area contributed by atoms with E-state index in [0.717, 1.165) is 13.0 Å². The molecule has 0 aromatic carbocycles. The monoisotopic (exact) mass is 190 g/mol. The van der Waals surface area contributed by atoms with Gasteiger partial charge in [0, 0.05) is 6.61 Å². The predicted molar refractivity (Wildman–Crippen MR) is 52.8 cm³/mol. The molecule has 1 unspecified atom stereocenters. The van der Waals surface area contributed by atoms with E-state index in [2.05, 4.69) is 6.92 Å². The molecule has 0 rings (SSSR count). The lowest BCUT2D eigenvalue weighted by atomic mass is 10.2. The van der Waals surface area contributed by atoms with Gasteiger partial charge in [0.2, 0.25) is 0 Å². The van der Waals surface area contributed by atoms with Gasteiger partial charge in [-0.25, -0.2) is 0 Å². The summed E-state index contributed by atoms with van der Waals surface area (Å²) in [5, 5.41) is 8.52. The summed E-state index contributed by atoms with van der Waals surface area (Å²) in [4.78, 5) is 0. The highest BCUT2D eigenvalue weighted by atomic mass is 16.5. The third kappa shape index (κ3) is 8.22. The minimum atomic E-state index is 0.0899. The maximum atomic E-state index is 8.52. The van der Waals surface area contributed by atoms with Gasteiger partial charge in [-0.1, -0.05) is 19.8 Å². The number of rotatable bonds is 9. The molecule has 3 nitrogen and oxygen atoms in total. The minimum Gasteiger partial charge on any atom is -0.394 e. The number of aliphatic hydroxyl groups is 1. The highest BCUT2D eigenvalue weighted by Crippen LogP contribution is 2.05. The second-order valence-corrected chi connectivity index (χ2v) is 3.02. The Balaban J connectivity index is 3.41.